The summed E-state index contributed by atoms with van der Waals surface area (Å²) in [6.45, 7) is -1.46. The predicted molar refractivity (Wildman–Crippen MR) is 71.8 cm³/mol. The third-order valence-corrected chi connectivity index (χ3v) is 4.30. The molecule has 2 rings (SSSR count). The molecule has 0 saturated carbocycles. The molecule has 0 spiro atoms. The Hall–Kier alpha value is -2.16. The van der Waals surface area contributed by atoms with Crippen LogP contribution in [-0.2, 0) is 17.1 Å². The van der Waals surface area contributed by atoms with Gasteiger partial charge in [0, 0.05) is 7.05 Å². The Morgan fingerprint density at radius 2 is 2.00 bits per heavy atom. The molecule has 114 valence electrons. The number of aryl methyl sites for hydroxylation is 1. The summed E-state index contributed by atoms with van der Waals surface area (Å²) >= 11 is 0. The first-order valence-electron chi connectivity index (χ1n) is 5.86. The number of halogens is 2. The highest BCUT2D eigenvalue weighted by Crippen LogP contribution is 2.28. The van der Waals surface area contributed by atoms with Gasteiger partial charge in [0.15, 0.2) is 0 Å². The van der Waals surface area contributed by atoms with Gasteiger partial charge >= 0.3 is 6.61 Å². The summed E-state index contributed by atoms with van der Waals surface area (Å²) in [5, 5.41) is 3.84. The zero-order valence-corrected chi connectivity index (χ0v) is 12.1. The minimum atomic E-state index is -3.94. The van der Waals surface area contributed by atoms with Crippen LogP contribution in [0.25, 0.3) is 0 Å². The number of hydrogen-bond donors (Lipinski definition) is 1. The first-order valence-corrected chi connectivity index (χ1v) is 7.35. The molecule has 9 heteroatoms. The van der Waals surface area contributed by atoms with E-state index in [9.17, 15) is 17.2 Å². The van der Waals surface area contributed by atoms with E-state index in [1.54, 1.807) is 14.0 Å². The van der Waals surface area contributed by atoms with Gasteiger partial charge in [0.25, 0.3) is 10.0 Å². The van der Waals surface area contributed by atoms with Crippen LogP contribution in [0.1, 0.15) is 5.69 Å². The lowest BCUT2D eigenvalue weighted by atomic mass is 10.3. The maximum Gasteiger partial charge on any atom is 0.387 e. The normalized spacial score (nSPS) is 11.7. The fourth-order valence-electron chi connectivity index (χ4n) is 1.69. The van der Waals surface area contributed by atoms with Crippen LogP contribution in [0, 0.1) is 6.92 Å². The zero-order chi connectivity index (χ0) is 15.6. The van der Waals surface area contributed by atoms with Gasteiger partial charge in [-0.3, -0.25) is 9.40 Å². The van der Waals surface area contributed by atoms with Crippen molar-refractivity contribution in [2.45, 2.75) is 18.4 Å². The summed E-state index contributed by atoms with van der Waals surface area (Å²) in [7, 11) is -2.34. The molecule has 1 aromatic heterocycles. The van der Waals surface area contributed by atoms with E-state index in [1.165, 1.54) is 35.1 Å². The van der Waals surface area contributed by atoms with Crippen molar-refractivity contribution >= 4 is 15.7 Å². The van der Waals surface area contributed by atoms with E-state index in [4.69, 9.17) is 0 Å². The molecule has 2 aromatic rings. The second kappa shape index (κ2) is 5.68. The Morgan fingerprint density at radius 3 is 2.57 bits per heavy atom. The minimum Gasteiger partial charge on any atom is -0.433 e. The molecule has 1 N–H and O–H groups in total. The van der Waals surface area contributed by atoms with Gasteiger partial charge in [-0.25, -0.2) is 8.42 Å². The largest absolute Gasteiger partial charge is 0.433 e. The van der Waals surface area contributed by atoms with Crippen LogP contribution in [-0.4, -0.2) is 24.8 Å². The van der Waals surface area contributed by atoms with Gasteiger partial charge in [0.2, 0.25) is 0 Å². The number of rotatable bonds is 5. The third kappa shape index (κ3) is 3.30. The van der Waals surface area contributed by atoms with Crippen LogP contribution in [0.5, 0.6) is 5.75 Å². The van der Waals surface area contributed by atoms with Gasteiger partial charge in [-0.2, -0.15) is 13.9 Å². The molecule has 0 aliphatic carbocycles. The average molecular weight is 317 g/mol. The second-order valence-corrected chi connectivity index (χ2v) is 5.85. The van der Waals surface area contributed by atoms with E-state index in [2.05, 4.69) is 14.6 Å². The molecule has 0 aliphatic rings. The SMILES string of the molecule is Cc1c(S(=O)(=O)Nc2ccccc2OC(F)F)cnn1C. The molecule has 0 bridgehead atoms. The van der Waals surface area contributed by atoms with Crippen molar-refractivity contribution < 1.29 is 21.9 Å². The first-order chi connectivity index (χ1) is 9.81. The summed E-state index contributed by atoms with van der Waals surface area (Å²) in [6, 6.07) is 5.55. The van der Waals surface area contributed by atoms with Crippen molar-refractivity contribution in [1.82, 2.24) is 9.78 Å². The first kappa shape index (κ1) is 15.2. The van der Waals surface area contributed by atoms with Gasteiger partial charge < -0.3 is 4.74 Å². The van der Waals surface area contributed by atoms with Crippen LogP contribution >= 0.6 is 0 Å². The number of nitrogens with zero attached hydrogens (tertiary/aromatic N) is 2. The van der Waals surface area contributed by atoms with Crippen molar-refractivity contribution in [3.63, 3.8) is 0 Å². The molecule has 6 nitrogen and oxygen atoms in total. The number of benzene rings is 1. The fourth-order valence-corrected chi connectivity index (χ4v) is 2.97. The fraction of sp³-hybridized carbons (Fsp3) is 0.250. The minimum absolute atomic E-state index is 0.0307. The number of sulfonamides is 1. The Labute approximate surface area is 120 Å². The van der Waals surface area contributed by atoms with Gasteiger partial charge in [-0.1, -0.05) is 12.1 Å². The number of nitrogens with one attached hydrogen (secondary N) is 1. The van der Waals surface area contributed by atoms with Crippen LogP contribution in [0.4, 0.5) is 14.5 Å². The van der Waals surface area contributed by atoms with Gasteiger partial charge in [-0.05, 0) is 19.1 Å². The monoisotopic (exact) mass is 317 g/mol. The van der Waals surface area contributed by atoms with E-state index in [0.717, 1.165) is 0 Å². The zero-order valence-electron chi connectivity index (χ0n) is 11.2. The number of hydrogen-bond acceptors (Lipinski definition) is 4. The lowest BCUT2D eigenvalue weighted by Crippen LogP contribution is -2.15. The highest BCUT2D eigenvalue weighted by atomic mass is 32.2. The van der Waals surface area contributed by atoms with Crippen LogP contribution in [0.2, 0.25) is 0 Å². The number of ether oxygens (including phenoxy) is 1. The predicted octanol–water partition coefficient (Wildman–Crippen LogP) is 2.13. The lowest BCUT2D eigenvalue weighted by Gasteiger charge is -2.12. The molecule has 0 saturated heterocycles. The van der Waals surface area contributed by atoms with Gasteiger partial charge in [-0.15, -0.1) is 0 Å². The maximum absolute atomic E-state index is 12.3. The third-order valence-electron chi connectivity index (χ3n) is 2.83. The molecule has 0 atom stereocenters. The standard InChI is InChI=1S/C12H13F2N3O3S/c1-8-11(7-15-17(8)2)21(18,19)16-9-5-3-4-6-10(9)20-12(13)14/h3-7,12,16H,1-2H3. The van der Waals surface area contributed by atoms with Crippen molar-refractivity contribution in [2.24, 2.45) is 7.05 Å². The van der Waals surface area contributed by atoms with E-state index in [1.807, 2.05) is 0 Å². The Kier molecular flexibility index (Phi) is 4.12. The summed E-state index contributed by atoms with van der Waals surface area (Å²) in [6.07, 6.45) is 1.19. The van der Waals surface area contributed by atoms with Crippen LogP contribution < -0.4 is 9.46 Å². The summed E-state index contributed by atoms with van der Waals surface area (Å²) in [4.78, 5) is -0.0307. The van der Waals surface area contributed by atoms with Gasteiger partial charge in [0.1, 0.15) is 10.6 Å². The number of aromatic nitrogens is 2. The number of anilines is 1. The summed E-state index contributed by atoms with van der Waals surface area (Å²) in [5.41, 5.74) is 0.357. The number of alkyl halides is 2. The Bertz CT molecular complexity index is 744. The highest BCUT2D eigenvalue weighted by Gasteiger charge is 2.22. The van der Waals surface area contributed by atoms with Crippen molar-refractivity contribution in [3.05, 3.63) is 36.2 Å². The Balaban J connectivity index is 2.35. The molecule has 1 heterocycles. The van der Waals surface area contributed by atoms with Crippen molar-refractivity contribution in [3.8, 4) is 5.75 Å². The van der Waals surface area contributed by atoms with E-state index in [-0.39, 0.29) is 16.3 Å². The molecular weight excluding hydrogens is 304 g/mol. The van der Waals surface area contributed by atoms with Crippen molar-refractivity contribution in [1.29, 1.82) is 0 Å². The van der Waals surface area contributed by atoms with E-state index in [0.29, 0.717) is 5.69 Å². The smallest absolute Gasteiger partial charge is 0.387 e. The molecule has 21 heavy (non-hydrogen) atoms. The van der Waals surface area contributed by atoms with Crippen molar-refractivity contribution in [2.75, 3.05) is 4.72 Å². The second-order valence-electron chi connectivity index (χ2n) is 4.20. The molecule has 0 fully saturated rings. The maximum atomic E-state index is 12.3. The quantitative estimate of drug-likeness (QED) is 0.917. The summed E-state index contributed by atoms with van der Waals surface area (Å²) in [5.74, 6) is -0.252. The van der Waals surface area contributed by atoms with E-state index >= 15 is 0 Å². The molecule has 1 aromatic carbocycles. The average Bonchev–Trinajstić information content (AvgIpc) is 2.72. The summed E-state index contributed by atoms with van der Waals surface area (Å²) < 4.78 is 57.1. The molecule has 0 amide bonds. The molecule has 0 radical (unpaired) electrons. The molecule has 0 aliphatic heterocycles. The topological polar surface area (TPSA) is 73.2 Å². The van der Waals surface area contributed by atoms with E-state index < -0.39 is 16.6 Å². The number of para-hydroxylation sites is 2. The lowest BCUT2D eigenvalue weighted by molar-refractivity contribution is -0.0493. The Morgan fingerprint density at radius 1 is 1.33 bits per heavy atom. The van der Waals surface area contributed by atoms with Gasteiger partial charge in [0.05, 0.1) is 17.6 Å². The van der Waals surface area contributed by atoms with Crippen LogP contribution in [0.3, 0.4) is 0 Å². The van der Waals surface area contributed by atoms with Crippen LogP contribution in [0.15, 0.2) is 35.4 Å². The molecular formula is C12H13F2N3O3S. The highest BCUT2D eigenvalue weighted by molar-refractivity contribution is 7.92. The molecule has 0 unspecified atom stereocenters.